The number of ether oxygens (including phenoxy) is 1. The molecule has 1 amide bonds. The van der Waals surface area contributed by atoms with Gasteiger partial charge in [0.2, 0.25) is 0 Å². The Hall–Kier alpha value is -2.95. The normalized spacial score (nSPS) is 15.7. The summed E-state index contributed by atoms with van der Waals surface area (Å²) in [5.74, 6) is 0.678. The van der Waals surface area contributed by atoms with Gasteiger partial charge in [-0.05, 0) is 60.0 Å². The topological polar surface area (TPSA) is 45.3 Å². The number of aromatic amines is 1. The molecule has 3 aromatic carbocycles. The van der Waals surface area contributed by atoms with Crippen molar-refractivity contribution in [1.82, 2.24) is 9.88 Å². The summed E-state index contributed by atoms with van der Waals surface area (Å²) in [5, 5.41) is 2.16. The molecule has 0 unspecified atom stereocenters. The third kappa shape index (κ3) is 3.46. The Balaban J connectivity index is 1.64. The minimum absolute atomic E-state index is 0.0389. The molecule has 1 atom stereocenters. The number of rotatable bonds is 3. The molecular weight excluding hydrogens is 431 g/mol. The van der Waals surface area contributed by atoms with E-state index in [0.717, 1.165) is 23.2 Å². The first-order chi connectivity index (χ1) is 15.1. The monoisotopic (exact) mass is 450 g/mol. The summed E-state index contributed by atoms with van der Waals surface area (Å²) in [5.41, 5.74) is 4.86. The lowest BCUT2D eigenvalue weighted by molar-refractivity contribution is 0.0692. The molecular formula is C25H20Cl2N2O2. The number of nitrogens with one attached hydrogen (secondary N) is 1. The number of hydrogen-bond acceptors (Lipinski definition) is 2. The second kappa shape index (κ2) is 7.95. The zero-order valence-corrected chi connectivity index (χ0v) is 18.4. The van der Waals surface area contributed by atoms with Gasteiger partial charge in [0.25, 0.3) is 5.91 Å². The van der Waals surface area contributed by atoms with Crippen LogP contribution in [0.25, 0.3) is 10.9 Å². The van der Waals surface area contributed by atoms with Crippen molar-refractivity contribution in [2.24, 2.45) is 0 Å². The van der Waals surface area contributed by atoms with Gasteiger partial charge in [-0.15, -0.1) is 0 Å². The van der Waals surface area contributed by atoms with Crippen LogP contribution < -0.4 is 4.74 Å². The predicted molar refractivity (Wildman–Crippen MR) is 124 cm³/mol. The van der Waals surface area contributed by atoms with Crippen molar-refractivity contribution in [3.05, 3.63) is 99.2 Å². The van der Waals surface area contributed by atoms with Gasteiger partial charge >= 0.3 is 0 Å². The summed E-state index contributed by atoms with van der Waals surface area (Å²) in [6.07, 6.45) is 0.777. The molecule has 0 aliphatic carbocycles. The van der Waals surface area contributed by atoms with Gasteiger partial charge in [-0.2, -0.15) is 0 Å². The van der Waals surface area contributed by atoms with E-state index in [-0.39, 0.29) is 11.9 Å². The molecule has 4 aromatic rings. The highest BCUT2D eigenvalue weighted by Crippen LogP contribution is 2.40. The number of nitrogens with zero attached hydrogens (tertiary/aromatic N) is 1. The summed E-state index contributed by atoms with van der Waals surface area (Å²) in [6, 6.07) is 20.7. The Kier molecular flexibility index (Phi) is 5.12. The van der Waals surface area contributed by atoms with Gasteiger partial charge in [-0.1, -0.05) is 47.5 Å². The van der Waals surface area contributed by atoms with E-state index in [0.29, 0.717) is 27.9 Å². The quantitative estimate of drug-likeness (QED) is 0.399. The minimum Gasteiger partial charge on any atom is -0.497 e. The Morgan fingerprint density at radius 1 is 1.03 bits per heavy atom. The largest absolute Gasteiger partial charge is 0.497 e. The van der Waals surface area contributed by atoms with Crippen molar-refractivity contribution in [1.29, 1.82) is 0 Å². The van der Waals surface area contributed by atoms with E-state index in [1.54, 1.807) is 37.4 Å². The molecule has 0 saturated heterocycles. The van der Waals surface area contributed by atoms with Crippen LogP contribution in [-0.4, -0.2) is 29.4 Å². The van der Waals surface area contributed by atoms with Crippen molar-refractivity contribution >= 4 is 40.0 Å². The second-order valence-electron chi connectivity index (χ2n) is 7.62. The lowest BCUT2D eigenvalue weighted by Gasteiger charge is -2.36. The van der Waals surface area contributed by atoms with Crippen LogP contribution in [0.4, 0.5) is 0 Å². The standard InChI is InChI=1S/C25H20Cl2N2O2/c1-31-17-9-6-15(7-10-17)25(30)29-13-12-19-18-4-2-3-5-22(18)28-23(19)24(29)16-8-11-20(26)21(27)14-16/h2-11,14,24,28H,12-13H2,1H3/t24-/m1/s1. The highest BCUT2D eigenvalue weighted by atomic mass is 35.5. The molecule has 6 heteroatoms. The number of aromatic nitrogens is 1. The number of amides is 1. The molecule has 1 N–H and O–H groups in total. The fraction of sp³-hybridized carbons (Fsp3) is 0.160. The van der Waals surface area contributed by atoms with Gasteiger partial charge in [0.15, 0.2) is 0 Å². The van der Waals surface area contributed by atoms with E-state index in [9.17, 15) is 4.79 Å². The fourth-order valence-electron chi connectivity index (χ4n) is 4.39. The average molecular weight is 451 g/mol. The number of para-hydroxylation sites is 1. The molecule has 0 radical (unpaired) electrons. The van der Waals surface area contributed by atoms with Crippen LogP contribution >= 0.6 is 23.2 Å². The van der Waals surface area contributed by atoms with E-state index < -0.39 is 0 Å². The van der Waals surface area contributed by atoms with Crippen LogP contribution in [0.3, 0.4) is 0 Å². The fourth-order valence-corrected chi connectivity index (χ4v) is 4.69. The molecule has 0 bridgehead atoms. The molecule has 1 aliphatic heterocycles. The lowest BCUT2D eigenvalue weighted by atomic mass is 9.91. The summed E-state index contributed by atoms with van der Waals surface area (Å²) < 4.78 is 5.23. The van der Waals surface area contributed by atoms with E-state index in [1.165, 1.54) is 10.9 Å². The predicted octanol–water partition coefficient (Wildman–Crippen LogP) is 6.27. The molecule has 0 saturated carbocycles. The molecule has 1 aromatic heterocycles. The van der Waals surface area contributed by atoms with Crippen LogP contribution in [0.15, 0.2) is 66.7 Å². The summed E-state index contributed by atoms with van der Waals surface area (Å²) in [7, 11) is 1.61. The first-order valence-electron chi connectivity index (χ1n) is 10.1. The van der Waals surface area contributed by atoms with E-state index >= 15 is 0 Å². The summed E-state index contributed by atoms with van der Waals surface area (Å²) in [6.45, 7) is 0.602. The highest BCUT2D eigenvalue weighted by molar-refractivity contribution is 6.42. The number of benzene rings is 3. The zero-order valence-electron chi connectivity index (χ0n) is 16.9. The Labute approximate surface area is 190 Å². The van der Waals surface area contributed by atoms with Crippen molar-refractivity contribution in [3.8, 4) is 5.75 Å². The van der Waals surface area contributed by atoms with Crippen LogP contribution in [0.2, 0.25) is 10.0 Å². The number of hydrogen-bond donors (Lipinski definition) is 1. The number of halogens is 2. The molecule has 4 nitrogen and oxygen atoms in total. The molecule has 156 valence electrons. The van der Waals surface area contributed by atoms with Crippen LogP contribution in [0, 0.1) is 0 Å². The molecule has 2 heterocycles. The third-order valence-electron chi connectivity index (χ3n) is 5.89. The summed E-state index contributed by atoms with van der Waals surface area (Å²) in [4.78, 5) is 19.0. The molecule has 5 rings (SSSR count). The molecule has 1 aliphatic rings. The highest BCUT2D eigenvalue weighted by Gasteiger charge is 2.35. The molecule has 0 fully saturated rings. The maximum atomic E-state index is 13.6. The van der Waals surface area contributed by atoms with Crippen LogP contribution in [0.1, 0.15) is 33.2 Å². The first kappa shape index (κ1) is 20.0. The van der Waals surface area contributed by atoms with Crippen LogP contribution in [0.5, 0.6) is 5.75 Å². The van der Waals surface area contributed by atoms with Gasteiger partial charge in [-0.3, -0.25) is 4.79 Å². The van der Waals surface area contributed by atoms with Crippen molar-refractivity contribution in [3.63, 3.8) is 0 Å². The smallest absolute Gasteiger partial charge is 0.254 e. The molecule has 31 heavy (non-hydrogen) atoms. The van der Waals surface area contributed by atoms with Gasteiger partial charge in [0.05, 0.1) is 23.2 Å². The zero-order chi connectivity index (χ0) is 21.5. The average Bonchev–Trinajstić information content (AvgIpc) is 3.18. The number of H-pyrrole nitrogens is 1. The Morgan fingerprint density at radius 3 is 2.55 bits per heavy atom. The Morgan fingerprint density at radius 2 is 1.81 bits per heavy atom. The van der Waals surface area contributed by atoms with Gasteiger partial charge in [-0.25, -0.2) is 0 Å². The van der Waals surface area contributed by atoms with E-state index in [2.05, 4.69) is 17.1 Å². The number of fused-ring (bicyclic) bond motifs is 3. The van der Waals surface area contributed by atoms with Crippen molar-refractivity contribution in [2.45, 2.75) is 12.5 Å². The van der Waals surface area contributed by atoms with Gasteiger partial charge < -0.3 is 14.6 Å². The van der Waals surface area contributed by atoms with Gasteiger partial charge in [0.1, 0.15) is 5.75 Å². The number of carbonyl (C=O) groups excluding carboxylic acids is 1. The van der Waals surface area contributed by atoms with E-state index in [4.69, 9.17) is 27.9 Å². The first-order valence-corrected chi connectivity index (χ1v) is 10.8. The van der Waals surface area contributed by atoms with E-state index in [1.807, 2.05) is 29.2 Å². The maximum absolute atomic E-state index is 13.6. The van der Waals surface area contributed by atoms with Crippen molar-refractivity contribution < 1.29 is 9.53 Å². The van der Waals surface area contributed by atoms with Gasteiger partial charge in [0, 0.05) is 28.7 Å². The second-order valence-corrected chi connectivity index (χ2v) is 8.43. The van der Waals surface area contributed by atoms with Crippen molar-refractivity contribution in [2.75, 3.05) is 13.7 Å². The summed E-state index contributed by atoms with van der Waals surface area (Å²) >= 11 is 12.5. The third-order valence-corrected chi connectivity index (χ3v) is 6.63. The minimum atomic E-state index is -0.291. The van der Waals surface area contributed by atoms with Crippen LogP contribution in [-0.2, 0) is 6.42 Å². The molecule has 0 spiro atoms. The SMILES string of the molecule is COc1ccc(C(=O)N2CCc3c([nH]c4ccccc34)[C@H]2c2ccc(Cl)c(Cl)c2)cc1. The maximum Gasteiger partial charge on any atom is 0.254 e. The Bertz CT molecular complexity index is 1280. The number of carbonyl (C=O) groups is 1. The lowest BCUT2D eigenvalue weighted by Crippen LogP contribution is -2.40. The number of methoxy groups -OCH3 is 1.